The fraction of sp³-hybridized carbons (Fsp3) is 0.150. The van der Waals surface area contributed by atoms with Crippen LogP contribution in [0.25, 0.3) is 0 Å². The number of carbonyl (C=O) groups is 1. The van der Waals surface area contributed by atoms with E-state index in [0.29, 0.717) is 22.2 Å². The number of nitrogens with zero attached hydrogens (tertiary/aromatic N) is 2. The molecule has 3 aromatic rings. The van der Waals surface area contributed by atoms with Crippen molar-refractivity contribution < 1.29 is 14.3 Å². The number of rotatable bonds is 6. The summed E-state index contributed by atoms with van der Waals surface area (Å²) in [6.45, 7) is 1.92. The summed E-state index contributed by atoms with van der Waals surface area (Å²) in [6.07, 6.45) is 1.51. The van der Waals surface area contributed by atoms with Crippen LogP contribution in [-0.2, 0) is 0 Å². The number of hydrogen-bond donors (Lipinski definition) is 2. The molecule has 0 aliphatic heterocycles. The van der Waals surface area contributed by atoms with Crippen LogP contribution in [0.4, 0.5) is 17.3 Å². The molecule has 7 nitrogen and oxygen atoms in total. The highest BCUT2D eigenvalue weighted by Crippen LogP contribution is 2.29. The molecular formula is C20H19ClN4O3. The molecule has 1 amide bonds. The molecule has 0 aliphatic rings. The van der Waals surface area contributed by atoms with E-state index in [0.717, 1.165) is 11.3 Å². The Hall–Kier alpha value is -3.32. The summed E-state index contributed by atoms with van der Waals surface area (Å²) in [4.78, 5) is 21.0. The van der Waals surface area contributed by atoms with Crippen LogP contribution >= 0.6 is 11.6 Å². The van der Waals surface area contributed by atoms with Crippen molar-refractivity contribution in [3.8, 4) is 11.5 Å². The lowest BCUT2D eigenvalue weighted by molar-refractivity contribution is 0.102. The van der Waals surface area contributed by atoms with E-state index in [1.165, 1.54) is 19.4 Å². The molecule has 1 aromatic heterocycles. The maximum Gasteiger partial charge on any atom is 0.274 e. The number of aryl methyl sites for hydroxylation is 1. The number of hydrogen-bond acceptors (Lipinski definition) is 6. The van der Waals surface area contributed by atoms with E-state index in [1.807, 2.05) is 19.1 Å². The first-order valence-electron chi connectivity index (χ1n) is 8.39. The van der Waals surface area contributed by atoms with E-state index in [9.17, 15) is 4.79 Å². The van der Waals surface area contributed by atoms with Gasteiger partial charge in [-0.3, -0.25) is 4.79 Å². The number of halogens is 1. The maximum absolute atomic E-state index is 12.6. The topological polar surface area (TPSA) is 85.4 Å². The van der Waals surface area contributed by atoms with Crippen molar-refractivity contribution in [1.82, 2.24) is 9.97 Å². The molecule has 0 spiro atoms. The maximum atomic E-state index is 12.6. The third-order valence-corrected chi connectivity index (χ3v) is 4.38. The lowest BCUT2D eigenvalue weighted by Crippen LogP contribution is -2.15. The number of amides is 1. The van der Waals surface area contributed by atoms with E-state index in [4.69, 9.17) is 21.1 Å². The van der Waals surface area contributed by atoms with Crippen LogP contribution in [0.5, 0.6) is 11.5 Å². The van der Waals surface area contributed by atoms with E-state index < -0.39 is 5.91 Å². The summed E-state index contributed by atoms with van der Waals surface area (Å²) >= 11 is 6.14. The molecule has 8 heteroatoms. The Morgan fingerprint density at radius 3 is 2.61 bits per heavy atom. The fourth-order valence-corrected chi connectivity index (χ4v) is 2.61. The van der Waals surface area contributed by atoms with Gasteiger partial charge in [0.1, 0.15) is 17.2 Å². The molecule has 3 rings (SSSR count). The average Bonchev–Trinajstić information content (AvgIpc) is 2.71. The molecule has 2 N–H and O–H groups in total. The van der Waals surface area contributed by atoms with Gasteiger partial charge in [-0.05, 0) is 42.8 Å². The zero-order valence-corrected chi connectivity index (χ0v) is 16.4. The van der Waals surface area contributed by atoms with Crippen LogP contribution in [0.1, 0.15) is 16.1 Å². The van der Waals surface area contributed by atoms with Gasteiger partial charge in [0.2, 0.25) is 5.95 Å². The Bertz CT molecular complexity index is 1010. The van der Waals surface area contributed by atoms with Crippen molar-refractivity contribution in [1.29, 1.82) is 0 Å². The Labute approximate surface area is 167 Å². The number of aromatic nitrogens is 2. The van der Waals surface area contributed by atoms with Crippen molar-refractivity contribution >= 4 is 34.8 Å². The molecular weight excluding hydrogens is 380 g/mol. The first kappa shape index (κ1) is 19.4. The number of methoxy groups -OCH3 is 2. The molecule has 0 radical (unpaired) electrons. The molecule has 0 saturated heterocycles. The van der Waals surface area contributed by atoms with Crippen molar-refractivity contribution in [3.05, 3.63) is 64.9 Å². The number of nitrogens with one attached hydrogen (secondary N) is 2. The van der Waals surface area contributed by atoms with Crippen LogP contribution < -0.4 is 20.1 Å². The molecule has 0 unspecified atom stereocenters. The largest absolute Gasteiger partial charge is 0.497 e. The Morgan fingerprint density at radius 1 is 1.07 bits per heavy atom. The van der Waals surface area contributed by atoms with Gasteiger partial charge < -0.3 is 20.1 Å². The summed E-state index contributed by atoms with van der Waals surface area (Å²) in [6, 6.07) is 12.2. The van der Waals surface area contributed by atoms with Crippen molar-refractivity contribution in [3.63, 3.8) is 0 Å². The van der Waals surface area contributed by atoms with Crippen molar-refractivity contribution in [2.24, 2.45) is 0 Å². The predicted molar refractivity (Wildman–Crippen MR) is 109 cm³/mol. The average molecular weight is 399 g/mol. The van der Waals surface area contributed by atoms with Gasteiger partial charge in [-0.1, -0.05) is 17.7 Å². The Balaban J connectivity index is 1.78. The monoisotopic (exact) mass is 398 g/mol. The van der Waals surface area contributed by atoms with Gasteiger partial charge >= 0.3 is 0 Å². The Morgan fingerprint density at radius 2 is 1.89 bits per heavy atom. The standard InChI is InChI=1S/C20H19ClN4O3/c1-12-4-5-13(10-15(12)21)23-20-22-9-8-17(25-20)19(26)24-16-7-6-14(27-2)11-18(16)28-3/h4-11H,1-3H3,(H,24,26)(H,22,23,25). The summed E-state index contributed by atoms with van der Waals surface area (Å²) in [5.41, 5.74) is 2.40. The van der Waals surface area contributed by atoms with Gasteiger partial charge in [-0.15, -0.1) is 0 Å². The first-order chi connectivity index (χ1) is 13.5. The normalized spacial score (nSPS) is 10.3. The van der Waals surface area contributed by atoms with Crippen LogP contribution in [0, 0.1) is 6.92 Å². The molecule has 2 aromatic carbocycles. The predicted octanol–water partition coefficient (Wildman–Crippen LogP) is 4.45. The summed E-state index contributed by atoms with van der Waals surface area (Å²) in [5, 5.41) is 6.45. The van der Waals surface area contributed by atoms with E-state index in [1.54, 1.807) is 31.4 Å². The fourth-order valence-electron chi connectivity index (χ4n) is 2.43. The van der Waals surface area contributed by atoms with Gasteiger partial charge in [0, 0.05) is 23.0 Å². The minimum atomic E-state index is -0.393. The zero-order chi connectivity index (χ0) is 20.1. The highest BCUT2D eigenvalue weighted by atomic mass is 35.5. The summed E-state index contributed by atoms with van der Waals surface area (Å²) < 4.78 is 10.5. The van der Waals surface area contributed by atoms with Crippen LogP contribution in [0.2, 0.25) is 5.02 Å². The number of ether oxygens (including phenoxy) is 2. The van der Waals surface area contributed by atoms with Crippen LogP contribution in [-0.4, -0.2) is 30.1 Å². The van der Waals surface area contributed by atoms with Gasteiger partial charge in [-0.25, -0.2) is 9.97 Å². The second kappa shape index (κ2) is 8.58. The highest BCUT2D eigenvalue weighted by Gasteiger charge is 2.13. The van der Waals surface area contributed by atoms with Gasteiger partial charge in [0.25, 0.3) is 5.91 Å². The molecule has 0 aliphatic carbocycles. The zero-order valence-electron chi connectivity index (χ0n) is 15.6. The van der Waals surface area contributed by atoms with Crippen LogP contribution in [0.3, 0.4) is 0 Å². The van der Waals surface area contributed by atoms with E-state index >= 15 is 0 Å². The smallest absolute Gasteiger partial charge is 0.274 e. The van der Waals surface area contributed by atoms with Gasteiger partial charge in [0.15, 0.2) is 0 Å². The summed E-state index contributed by atoms with van der Waals surface area (Å²) in [7, 11) is 3.08. The molecule has 0 saturated carbocycles. The lowest BCUT2D eigenvalue weighted by Gasteiger charge is -2.12. The number of benzene rings is 2. The third kappa shape index (κ3) is 4.50. The summed E-state index contributed by atoms with van der Waals surface area (Å²) in [5.74, 6) is 1.000. The van der Waals surface area contributed by atoms with Gasteiger partial charge in [0.05, 0.1) is 19.9 Å². The molecule has 0 bridgehead atoms. The number of anilines is 3. The first-order valence-corrected chi connectivity index (χ1v) is 8.77. The second-order valence-corrected chi connectivity index (χ2v) is 6.28. The molecule has 144 valence electrons. The molecule has 0 fully saturated rings. The van der Waals surface area contributed by atoms with Crippen molar-refractivity contribution in [2.45, 2.75) is 6.92 Å². The number of carbonyl (C=O) groups excluding carboxylic acids is 1. The lowest BCUT2D eigenvalue weighted by atomic mass is 10.2. The molecule has 28 heavy (non-hydrogen) atoms. The van der Waals surface area contributed by atoms with Crippen molar-refractivity contribution in [2.75, 3.05) is 24.9 Å². The molecule has 1 heterocycles. The van der Waals surface area contributed by atoms with E-state index in [-0.39, 0.29) is 11.6 Å². The molecule has 0 atom stereocenters. The van der Waals surface area contributed by atoms with E-state index in [2.05, 4.69) is 20.6 Å². The second-order valence-electron chi connectivity index (χ2n) is 5.87. The van der Waals surface area contributed by atoms with Gasteiger partial charge in [-0.2, -0.15) is 0 Å². The Kier molecular flexibility index (Phi) is 5.96. The third-order valence-electron chi connectivity index (χ3n) is 3.97. The SMILES string of the molecule is COc1ccc(NC(=O)c2ccnc(Nc3ccc(C)c(Cl)c3)n2)c(OC)c1. The minimum Gasteiger partial charge on any atom is -0.497 e. The highest BCUT2D eigenvalue weighted by molar-refractivity contribution is 6.31. The quantitative estimate of drug-likeness (QED) is 0.638. The minimum absolute atomic E-state index is 0.202. The van der Waals surface area contributed by atoms with Crippen LogP contribution in [0.15, 0.2) is 48.7 Å².